The van der Waals surface area contributed by atoms with E-state index in [0.717, 1.165) is 35.2 Å². The second kappa shape index (κ2) is 10.2. The summed E-state index contributed by atoms with van der Waals surface area (Å²) in [5, 5.41) is 7.88. The minimum absolute atomic E-state index is 0.240. The molecule has 116 valence electrons. The highest BCUT2D eigenvalue weighted by atomic mass is 32.1. The summed E-state index contributed by atoms with van der Waals surface area (Å²) in [4.78, 5) is 15.9. The maximum Gasteiger partial charge on any atom is 0.161 e. The molecule has 2 aromatic rings. The number of aliphatic hydroxyl groups is 1. The van der Waals surface area contributed by atoms with Gasteiger partial charge in [0.15, 0.2) is 6.29 Å². The second-order valence-electron chi connectivity index (χ2n) is 3.91. The van der Waals surface area contributed by atoms with Crippen LogP contribution < -0.4 is 0 Å². The molecule has 0 atom stereocenters. The van der Waals surface area contributed by atoms with Crippen LogP contribution in [0.15, 0.2) is 18.2 Å². The van der Waals surface area contributed by atoms with Gasteiger partial charge in [-0.1, -0.05) is 19.9 Å². The third-order valence-corrected chi connectivity index (χ3v) is 3.54. The number of aldehydes is 1. The molecule has 5 heteroatoms. The van der Waals surface area contributed by atoms with E-state index in [-0.39, 0.29) is 5.82 Å². The molecule has 0 saturated carbocycles. The molecule has 1 N–H and O–H groups in total. The number of nitrogens with zero attached hydrogens (tertiary/aromatic N) is 1. The summed E-state index contributed by atoms with van der Waals surface area (Å²) < 4.78 is 13.0. The lowest BCUT2D eigenvalue weighted by molar-refractivity contribution is 0.112. The van der Waals surface area contributed by atoms with Crippen molar-refractivity contribution in [3.8, 4) is 0 Å². The molecule has 0 bridgehead atoms. The van der Waals surface area contributed by atoms with Gasteiger partial charge in [0.1, 0.15) is 5.82 Å². The number of hydrogen-bond donors (Lipinski definition) is 1. The minimum Gasteiger partial charge on any atom is -0.400 e. The van der Waals surface area contributed by atoms with Crippen molar-refractivity contribution in [2.24, 2.45) is 0 Å². The van der Waals surface area contributed by atoms with Gasteiger partial charge in [0, 0.05) is 13.5 Å². The monoisotopic (exact) mass is 311 g/mol. The first-order valence-corrected chi connectivity index (χ1v) is 7.53. The van der Waals surface area contributed by atoms with Crippen LogP contribution in [0.3, 0.4) is 0 Å². The zero-order valence-electron chi connectivity index (χ0n) is 13.1. The zero-order valence-corrected chi connectivity index (χ0v) is 13.9. The number of hydrogen-bond acceptors (Lipinski definition) is 4. The summed E-state index contributed by atoms with van der Waals surface area (Å²) >= 11 is 1.39. The number of carbonyl (C=O) groups is 1. The molecule has 0 spiro atoms. The highest BCUT2D eigenvalue weighted by molar-refractivity contribution is 7.13. The summed E-state index contributed by atoms with van der Waals surface area (Å²) in [6.45, 7) is 7.73. The Morgan fingerprint density at radius 3 is 2.43 bits per heavy atom. The Kier molecular flexibility index (Phi) is 9.41. The highest BCUT2D eigenvalue weighted by Crippen LogP contribution is 2.21. The van der Waals surface area contributed by atoms with Crippen molar-refractivity contribution in [3.05, 3.63) is 50.7 Å². The molecule has 1 aromatic carbocycles. The Balaban J connectivity index is 0.000000921. The van der Waals surface area contributed by atoms with E-state index in [0.29, 0.717) is 11.3 Å². The summed E-state index contributed by atoms with van der Waals surface area (Å²) in [6, 6.07) is 4.67. The Labute approximate surface area is 129 Å². The molecule has 3 nitrogen and oxygen atoms in total. The number of aromatic nitrogens is 1. The summed E-state index contributed by atoms with van der Waals surface area (Å²) in [6.07, 6.45) is 1.41. The summed E-state index contributed by atoms with van der Waals surface area (Å²) in [5.74, 6) is -0.240. The molecule has 0 aliphatic rings. The molecular weight excluding hydrogens is 289 g/mol. The fraction of sp³-hybridized carbons (Fsp3) is 0.375. The van der Waals surface area contributed by atoms with Crippen molar-refractivity contribution in [3.63, 3.8) is 0 Å². The molecule has 0 aliphatic carbocycles. The summed E-state index contributed by atoms with van der Waals surface area (Å²) in [5.41, 5.74) is 2.66. The van der Waals surface area contributed by atoms with E-state index in [4.69, 9.17) is 5.11 Å². The number of benzene rings is 1. The van der Waals surface area contributed by atoms with Gasteiger partial charge in [-0.25, -0.2) is 9.37 Å². The van der Waals surface area contributed by atoms with Gasteiger partial charge in [-0.2, -0.15) is 0 Å². The number of rotatable bonds is 3. The van der Waals surface area contributed by atoms with Gasteiger partial charge in [-0.15, -0.1) is 11.3 Å². The minimum atomic E-state index is -0.240. The zero-order chi connectivity index (χ0) is 16.4. The van der Waals surface area contributed by atoms with E-state index in [1.165, 1.54) is 23.5 Å². The van der Waals surface area contributed by atoms with Gasteiger partial charge in [0.2, 0.25) is 0 Å². The molecule has 1 heterocycles. The van der Waals surface area contributed by atoms with Crippen molar-refractivity contribution in [1.82, 2.24) is 4.98 Å². The number of thiazole rings is 1. The predicted octanol–water partition coefficient (Wildman–Crippen LogP) is 3.94. The first-order chi connectivity index (χ1) is 10.1. The normalized spacial score (nSPS) is 9.10. The Morgan fingerprint density at radius 1 is 1.29 bits per heavy atom. The molecule has 2 rings (SSSR count). The molecular formula is C16H22FNO2S. The van der Waals surface area contributed by atoms with Crippen molar-refractivity contribution < 1.29 is 14.3 Å². The maximum atomic E-state index is 13.0. The van der Waals surface area contributed by atoms with E-state index >= 15 is 0 Å². The number of aliphatic hydroxyl groups excluding tert-OH is 1. The van der Waals surface area contributed by atoms with Crippen LogP contribution in [0.25, 0.3) is 0 Å². The van der Waals surface area contributed by atoms with Crippen LogP contribution in [-0.4, -0.2) is 23.5 Å². The summed E-state index contributed by atoms with van der Waals surface area (Å²) in [7, 11) is 1.00. The number of aryl methyl sites for hydroxylation is 2. The first-order valence-electron chi connectivity index (χ1n) is 6.71. The fourth-order valence-corrected chi connectivity index (χ4v) is 2.50. The van der Waals surface area contributed by atoms with Gasteiger partial charge < -0.3 is 5.11 Å². The van der Waals surface area contributed by atoms with Gasteiger partial charge in [0.05, 0.1) is 15.6 Å². The smallest absolute Gasteiger partial charge is 0.161 e. The Bertz CT molecular complexity index is 567. The van der Waals surface area contributed by atoms with E-state index < -0.39 is 0 Å². The lowest BCUT2D eigenvalue weighted by Gasteiger charge is -2.04. The van der Waals surface area contributed by atoms with Crippen LogP contribution in [-0.2, 0) is 6.42 Å². The molecule has 0 aliphatic heterocycles. The molecule has 0 amide bonds. The largest absolute Gasteiger partial charge is 0.400 e. The number of halogens is 1. The molecule has 0 saturated heterocycles. The van der Waals surface area contributed by atoms with Crippen LogP contribution in [0.2, 0.25) is 0 Å². The van der Waals surface area contributed by atoms with Crippen LogP contribution in [0, 0.1) is 19.7 Å². The van der Waals surface area contributed by atoms with E-state index in [1.807, 2.05) is 27.7 Å². The van der Waals surface area contributed by atoms with E-state index in [1.54, 1.807) is 6.07 Å². The average Bonchev–Trinajstić information content (AvgIpc) is 2.86. The highest BCUT2D eigenvalue weighted by Gasteiger charge is 2.10. The third kappa shape index (κ3) is 5.73. The lowest BCUT2D eigenvalue weighted by Crippen LogP contribution is -1.96. The van der Waals surface area contributed by atoms with Crippen molar-refractivity contribution in [2.45, 2.75) is 34.1 Å². The van der Waals surface area contributed by atoms with E-state index in [9.17, 15) is 9.18 Å². The van der Waals surface area contributed by atoms with Crippen molar-refractivity contribution in [1.29, 1.82) is 0 Å². The SMILES string of the molecule is CC.CO.Cc1nc(Cc2ccc(F)cc2C)c(C=O)s1. The van der Waals surface area contributed by atoms with Gasteiger partial charge in [0.25, 0.3) is 0 Å². The molecule has 1 aromatic heterocycles. The Morgan fingerprint density at radius 2 is 1.90 bits per heavy atom. The van der Waals surface area contributed by atoms with Crippen LogP contribution in [0.4, 0.5) is 4.39 Å². The quantitative estimate of drug-likeness (QED) is 0.874. The Hall–Kier alpha value is -1.59. The number of carbonyl (C=O) groups excluding carboxylic acids is 1. The molecule has 0 radical (unpaired) electrons. The first kappa shape index (κ1) is 19.4. The van der Waals surface area contributed by atoms with E-state index in [2.05, 4.69) is 4.98 Å². The predicted molar refractivity (Wildman–Crippen MR) is 85.7 cm³/mol. The molecule has 21 heavy (non-hydrogen) atoms. The van der Waals surface area contributed by atoms with Crippen molar-refractivity contribution in [2.75, 3.05) is 7.11 Å². The lowest BCUT2D eigenvalue weighted by atomic mass is 10.0. The van der Waals surface area contributed by atoms with Gasteiger partial charge >= 0.3 is 0 Å². The van der Waals surface area contributed by atoms with Crippen LogP contribution in [0.5, 0.6) is 0 Å². The average molecular weight is 311 g/mol. The topological polar surface area (TPSA) is 50.2 Å². The van der Waals surface area contributed by atoms with Crippen molar-refractivity contribution >= 4 is 17.6 Å². The van der Waals surface area contributed by atoms with Crippen LogP contribution in [0.1, 0.15) is 45.3 Å². The van der Waals surface area contributed by atoms with Gasteiger partial charge in [-0.3, -0.25) is 4.79 Å². The van der Waals surface area contributed by atoms with Gasteiger partial charge in [-0.05, 0) is 37.1 Å². The molecule has 0 unspecified atom stereocenters. The van der Waals surface area contributed by atoms with Crippen LogP contribution >= 0.6 is 11.3 Å². The molecule has 0 fully saturated rings. The third-order valence-electron chi connectivity index (χ3n) is 2.60. The standard InChI is InChI=1S/C13H12FNOS.C2H6.CH4O/c1-8-5-11(14)4-3-10(8)6-12-13(7-16)17-9(2)15-12;2*1-2/h3-5,7H,6H2,1-2H3;1-2H3;2H,1H3. The maximum absolute atomic E-state index is 13.0. The fourth-order valence-electron chi connectivity index (χ4n) is 1.74. The second-order valence-corrected chi connectivity index (χ2v) is 5.14.